The molecule has 0 bridgehead atoms. The summed E-state index contributed by atoms with van der Waals surface area (Å²) >= 11 is 0. The summed E-state index contributed by atoms with van der Waals surface area (Å²) in [6.45, 7) is 3.62. The Morgan fingerprint density at radius 1 is 1.53 bits per heavy atom. The number of H-pyrrole nitrogens is 1. The molecule has 96 valence electrons. The van der Waals surface area contributed by atoms with Crippen LogP contribution in [0.3, 0.4) is 0 Å². The number of ether oxygens (including phenoxy) is 1. The van der Waals surface area contributed by atoms with Crippen molar-refractivity contribution in [1.29, 1.82) is 0 Å². The first kappa shape index (κ1) is 12.5. The third kappa shape index (κ3) is 3.27. The Morgan fingerprint density at radius 3 is 2.82 bits per heavy atom. The molecule has 17 heavy (non-hydrogen) atoms. The van der Waals surface area contributed by atoms with E-state index in [1.54, 1.807) is 6.92 Å². The fraction of sp³-hybridized carbons (Fsp3) is 0.700. The average molecular weight is 259 g/mol. The molecular formula is C10H17N3O3S. The minimum atomic E-state index is -3.45. The van der Waals surface area contributed by atoms with Crippen molar-refractivity contribution in [3.05, 3.63) is 12.0 Å². The number of aryl methyl sites for hydroxylation is 1. The molecule has 1 fully saturated rings. The molecule has 1 saturated heterocycles. The molecule has 1 aliphatic heterocycles. The third-order valence-corrected chi connectivity index (χ3v) is 4.21. The number of rotatable bonds is 4. The first-order valence-corrected chi connectivity index (χ1v) is 7.15. The summed E-state index contributed by atoms with van der Waals surface area (Å²) in [6, 6.07) is 0. The van der Waals surface area contributed by atoms with Gasteiger partial charge in [0.15, 0.2) is 5.03 Å². The highest BCUT2D eigenvalue weighted by Gasteiger charge is 2.20. The summed E-state index contributed by atoms with van der Waals surface area (Å²) in [4.78, 5) is 6.60. The predicted octanol–water partition coefficient (Wildman–Crippen LogP) is 0.423. The lowest BCUT2D eigenvalue weighted by Gasteiger charge is -2.21. The molecule has 0 amide bonds. The van der Waals surface area contributed by atoms with Crippen molar-refractivity contribution in [3.8, 4) is 0 Å². The molecule has 2 rings (SSSR count). The number of aromatic nitrogens is 2. The summed E-state index contributed by atoms with van der Waals surface area (Å²) in [6.07, 6.45) is 3.15. The summed E-state index contributed by atoms with van der Waals surface area (Å²) < 4.78 is 31.6. The highest BCUT2D eigenvalue weighted by atomic mass is 32.2. The molecule has 2 N–H and O–H groups in total. The lowest BCUT2D eigenvalue weighted by molar-refractivity contribution is 0.0678. The Hall–Kier alpha value is -0.920. The lowest BCUT2D eigenvalue weighted by Crippen LogP contribution is -2.32. The Balaban J connectivity index is 1.93. The Bertz CT molecular complexity index is 463. The standard InChI is InChI=1S/C10H17N3O3S/c1-8-11-7-10(13-8)17(14,15)12-6-9-2-4-16-5-3-9/h7,9,12H,2-6H2,1H3,(H,11,13). The van der Waals surface area contributed by atoms with Crippen molar-refractivity contribution in [2.75, 3.05) is 19.8 Å². The first-order valence-electron chi connectivity index (χ1n) is 5.67. The van der Waals surface area contributed by atoms with E-state index in [9.17, 15) is 8.42 Å². The average Bonchev–Trinajstić information content (AvgIpc) is 2.76. The van der Waals surface area contributed by atoms with Gasteiger partial charge in [-0.25, -0.2) is 18.1 Å². The van der Waals surface area contributed by atoms with Crippen LogP contribution >= 0.6 is 0 Å². The van der Waals surface area contributed by atoms with Crippen LogP contribution in [-0.2, 0) is 14.8 Å². The van der Waals surface area contributed by atoms with Crippen LogP contribution < -0.4 is 4.72 Å². The molecule has 0 aliphatic carbocycles. The van der Waals surface area contributed by atoms with E-state index in [1.165, 1.54) is 6.20 Å². The third-order valence-electron chi connectivity index (χ3n) is 2.87. The van der Waals surface area contributed by atoms with Crippen molar-refractivity contribution in [2.45, 2.75) is 24.8 Å². The molecule has 1 aliphatic rings. The first-order chi connectivity index (χ1) is 8.08. The second kappa shape index (κ2) is 5.16. The van der Waals surface area contributed by atoms with E-state index < -0.39 is 10.0 Å². The van der Waals surface area contributed by atoms with Gasteiger partial charge in [-0.2, -0.15) is 0 Å². The van der Waals surface area contributed by atoms with Crippen molar-refractivity contribution < 1.29 is 13.2 Å². The topological polar surface area (TPSA) is 84.1 Å². The Labute approximate surface area is 101 Å². The summed E-state index contributed by atoms with van der Waals surface area (Å²) in [5.74, 6) is 0.957. The largest absolute Gasteiger partial charge is 0.381 e. The molecule has 0 spiro atoms. The maximum Gasteiger partial charge on any atom is 0.257 e. The van der Waals surface area contributed by atoms with Gasteiger partial charge in [0.25, 0.3) is 10.0 Å². The van der Waals surface area contributed by atoms with Gasteiger partial charge in [-0.15, -0.1) is 0 Å². The van der Waals surface area contributed by atoms with E-state index in [1.807, 2.05) is 0 Å². The van der Waals surface area contributed by atoms with Crippen molar-refractivity contribution in [2.24, 2.45) is 5.92 Å². The molecule has 0 unspecified atom stereocenters. The van der Waals surface area contributed by atoms with Gasteiger partial charge in [0.2, 0.25) is 0 Å². The molecule has 1 aromatic heterocycles. The van der Waals surface area contributed by atoms with Crippen molar-refractivity contribution in [3.63, 3.8) is 0 Å². The Morgan fingerprint density at radius 2 is 2.24 bits per heavy atom. The van der Waals surface area contributed by atoms with Crippen LogP contribution in [0.2, 0.25) is 0 Å². The summed E-state index contributed by atoms with van der Waals surface area (Å²) in [7, 11) is -3.45. The molecule has 0 atom stereocenters. The van der Waals surface area contributed by atoms with Gasteiger partial charge >= 0.3 is 0 Å². The fourth-order valence-corrected chi connectivity index (χ4v) is 2.87. The molecule has 0 aromatic carbocycles. The van der Waals surface area contributed by atoms with Crippen molar-refractivity contribution in [1.82, 2.24) is 14.7 Å². The van der Waals surface area contributed by atoms with Gasteiger partial charge in [-0.3, -0.25) is 0 Å². The number of hydrogen-bond acceptors (Lipinski definition) is 4. The summed E-state index contributed by atoms with van der Waals surface area (Å²) in [5, 5.41) is 0.127. The van der Waals surface area contributed by atoms with E-state index in [2.05, 4.69) is 14.7 Å². The zero-order chi connectivity index (χ0) is 12.3. The van der Waals surface area contributed by atoms with Crippen LogP contribution in [-0.4, -0.2) is 38.1 Å². The van der Waals surface area contributed by atoms with E-state index >= 15 is 0 Å². The predicted molar refractivity (Wildman–Crippen MR) is 62.1 cm³/mol. The van der Waals surface area contributed by atoms with Gasteiger partial charge < -0.3 is 9.72 Å². The highest BCUT2D eigenvalue weighted by molar-refractivity contribution is 7.89. The Kier molecular flexibility index (Phi) is 3.80. The van der Waals surface area contributed by atoms with E-state index in [-0.39, 0.29) is 5.03 Å². The van der Waals surface area contributed by atoms with Gasteiger partial charge in [-0.05, 0) is 25.7 Å². The van der Waals surface area contributed by atoms with Crippen LogP contribution in [0, 0.1) is 12.8 Å². The zero-order valence-electron chi connectivity index (χ0n) is 9.77. The minimum Gasteiger partial charge on any atom is -0.381 e. The smallest absolute Gasteiger partial charge is 0.257 e. The molecule has 6 nitrogen and oxygen atoms in total. The van der Waals surface area contributed by atoms with E-state index in [0.717, 1.165) is 26.1 Å². The summed E-state index contributed by atoms with van der Waals surface area (Å²) in [5.41, 5.74) is 0. The molecular weight excluding hydrogens is 242 g/mol. The van der Waals surface area contributed by atoms with Gasteiger partial charge in [0.1, 0.15) is 5.82 Å². The van der Waals surface area contributed by atoms with E-state index in [4.69, 9.17) is 4.74 Å². The van der Waals surface area contributed by atoms with Crippen LogP contribution in [0.5, 0.6) is 0 Å². The number of nitrogens with one attached hydrogen (secondary N) is 2. The highest BCUT2D eigenvalue weighted by Crippen LogP contribution is 2.14. The normalized spacial score (nSPS) is 18.4. The second-order valence-corrected chi connectivity index (χ2v) is 5.98. The fourth-order valence-electron chi connectivity index (χ4n) is 1.79. The molecule has 7 heteroatoms. The number of sulfonamides is 1. The number of aromatic amines is 1. The van der Waals surface area contributed by atoms with Gasteiger partial charge in [0.05, 0.1) is 6.20 Å². The number of imidazole rings is 1. The SMILES string of the molecule is Cc1ncc(S(=O)(=O)NCC2CCOCC2)[nH]1. The van der Waals surface area contributed by atoms with Crippen molar-refractivity contribution >= 4 is 10.0 Å². The molecule has 1 aromatic rings. The van der Waals surface area contributed by atoms with Crippen LogP contribution in [0.1, 0.15) is 18.7 Å². The molecule has 0 radical (unpaired) electrons. The van der Waals surface area contributed by atoms with Gasteiger partial charge in [-0.1, -0.05) is 0 Å². The van der Waals surface area contributed by atoms with Crippen LogP contribution in [0.15, 0.2) is 11.2 Å². The monoisotopic (exact) mass is 259 g/mol. The zero-order valence-corrected chi connectivity index (χ0v) is 10.6. The maximum atomic E-state index is 11.9. The quantitative estimate of drug-likeness (QED) is 0.821. The minimum absolute atomic E-state index is 0.127. The molecule has 2 heterocycles. The molecule has 0 saturated carbocycles. The lowest BCUT2D eigenvalue weighted by atomic mass is 10.0. The van der Waals surface area contributed by atoms with Gasteiger partial charge in [0, 0.05) is 19.8 Å². The van der Waals surface area contributed by atoms with Crippen LogP contribution in [0.4, 0.5) is 0 Å². The van der Waals surface area contributed by atoms with E-state index in [0.29, 0.717) is 18.3 Å². The number of nitrogens with zero attached hydrogens (tertiary/aromatic N) is 1. The second-order valence-electron chi connectivity index (χ2n) is 4.24. The van der Waals surface area contributed by atoms with Crippen LogP contribution in [0.25, 0.3) is 0 Å². The number of hydrogen-bond donors (Lipinski definition) is 2. The maximum absolute atomic E-state index is 11.9.